The molecule has 4 atom stereocenters. The van der Waals surface area contributed by atoms with Crippen LogP contribution in [0, 0.1) is 5.92 Å². The summed E-state index contributed by atoms with van der Waals surface area (Å²) in [5, 5.41) is 9.60. The van der Waals surface area contributed by atoms with Crippen LogP contribution in [0.15, 0.2) is 60.7 Å². The van der Waals surface area contributed by atoms with Crippen LogP contribution >= 0.6 is 0 Å². The van der Waals surface area contributed by atoms with E-state index in [1.54, 1.807) is 19.1 Å². The minimum Gasteiger partial charge on any atom is -0.465 e. The number of ether oxygens (including phenoxy) is 2. The summed E-state index contributed by atoms with van der Waals surface area (Å²) in [5.41, 5.74) is 1.32. The highest BCUT2D eigenvalue weighted by Gasteiger charge is 2.47. The normalized spacial score (nSPS) is 23.0. The van der Waals surface area contributed by atoms with Crippen molar-refractivity contribution in [2.45, 2.75) is 31.5 Å². The Labute approximate surface area is 158 Å². The van der Waals surface area contributed by atoms with Gasteiger partial charge in [0.15, 0.2) is 5.78 Å². The lowest BCUT2D eigenvalue weighted by molar-refractivity contribution is -0.149. The van der Waals surface area contributed by atoms with E-state index in [0.29, 0.717) is 12.0 Å². The highest BCUT2D eigenvalue weighted by atomic mass is 16.5. The zero-order chi connectivity index (χ0) is 19.2. The fourth-order valence-corrected chi connectivity index (χ4v) is 3.64. The number of hydrogen-bond donors (Lipinski definition) is 1. The van der Waals surface area contributed by atoms with Crippen LogP contribution in [0.3, 0.4) is 0 Å². The summed E-state index contributed by atoms with van der Waals surface area (Å²) in [6.07, 6.45) is -0.790. The Morgan fingerprint density at radius 3 is 2.33 bits per heavy atom. The van der Waals surface area contributed by atoms with Crippen molar-refractivity contribution in [2.24, 2.45) is 5.92 Å². The minimum atomic E-state index is -0.722. The van der Waals surface area contributed by atoms with Gasteiger partial charge in [-0.2, -0.15) is 0 Å². The van der Waals surface area contributed by atoms with Gasteiger partial charge in [-0.3, -0.25) is 9.59 Å². The quantitative estimate of drug-likeness (QED) is 0.601. The van der Waals surface area contributed by atoms with E-state index in [1.165, 1.54) is 0 Å². The highest BCUT2D eigenvalue weighted by molar-refractivity contribution is 5.99. The summed E-state index contributed by atoms with van der Waals surface area (Å²) in [6.45, 7) is 1.80. The van der Waals surface area contributed by atoms with Crippen molar-refractivity contribution in [1.82, 2.24) is 0 Å². The third-order valence-corrected chi connectivity index (χ3v) is 4.89. The second-order valence-corrected chi connectivity index (χ2v) is 6.62. The minimum absolute atomic E-state index is 0.0817. The van der Waals surface area contributed by atoms with Gasteiger partial charge >= 0.3 is 5.97 Å². The first-order chi connectivity index (χ1) is 13.2. The molecule has 2 aromatic carbocycles. The lowest BCUT2D eigenvalue weighted by Gasteiger charge is -2.26. The Kier molecular flexibility index (Phi) is 6.37. The van der Waals surface area contributed by atoms with Crippen LogP contribution in [0.2, 0.25) is 0 Å². The molecule has 5 heteroatoms. The van der Waals surface area contributed by atoms with Crippen molar-refractivity contribution in [3.8, 4) is 0 Å². The van der Waals surface area contributed by atoms with E-state index in [2.05, 4.69) is 0 Å². The largest absolute Gasteiger partial charge is 0.465 e. The van der Waals surface area contributed by atoms with Gasteiger partial charge < -0.3 is 14.6 Å². The van der Waals surface area contributed by atoms with Gasteiger partial charge in [-0.15, -0.1) is 0 Å². The van der Waals surface area contributed by atoms with Crippen LogP contribution in [0.4, 0.5) is 0 Å². The first-order valence-corrected chi connectivity index (χ1v) is 9.22. The number of carbonyl (C=O) groups excluding carboxylic acids is 2. The number of hydrogen-bond acceptors (Lipinski definition) is 5. The third kappa shape index (κ3) is 4.26. The zero-order valence-electron chi connectivity index (χ0n) is 15.3. The van der Waals surface area contributed by atoms with Crippen LogP contribution in [-0.2, 0) is 14.3 Å². The summed E-state index contributed by atoms with van der Waals surface area (Å²) in [7, 11) is 0. The average Bonchev–Trinajstić information content (AvgIpc) is 3.13. The molecule has 1 heterocycles. The van der Waals surface area contributed by atoms with E-state index in [9.17, 15) is 14.7 Å². The molecule has 142 valence electrons. The van der Waals surface area contributed by atoms with Crippen molar-refractivity contribution in [2.75, 3.05) is 13.2 Å². The van der Waals surface area contributed by atoms with Crippen molar-refractivity contribution < 1.29 is 24.2 Å². The summed E-state index contributed by atoms with van der Waals surface area (Å²) in [5.74, 6) is -1.75. The number of aliphatic hydroxyl groups excluding tert-OH is 1. The molecule has 0 spiro atoms. The highest BCUT2D eigenvalue weighted by Crippen LogP contribution is 2.38. The average molecular weight is 368 g/mol. The molecular formula is C22H24O5. The molecule has 1 aliphatic heterocycles. The van der Waals surface area contributed by atoms with Gasteiger partial charge in [-0.25, -0.2) is 0 Å². The molecule has 1 aliphatic rings. The number of rotatable bonds is 7. The smallest absolute Gasteiger partial charge is 0.316 e. The molecular weight excluding hydrogens is 344 g/mol. The van der Waals surface area contributed by atoms with E-state index in [-0.39, 0.29) is 19.0 Å². The van der Waals surface area contributed by atoms with Gasteiger partial charge in [-0.05, 0) is 18.9 Å². The van der Waals surface area contributed by atoms with E-state index < -0.39 is 30.0 Å². The molecule has 0 radical (unpaired) electrons. The maximum Gasteiger partial charge on any atom is 0.316 e. The summed E-state index contributed by atoms with van der Waals surface area (Å²) in [6, 6.07) is 18.2. The summed E-state index contributed by atoms with van der Waals surface area (Å²) in [4.78, 5) is 25.9. The number of esters is 1. The van der Waals surface area contributed by atoms with Gasteiger partial charge in [-0.1, -0.05) is 60.7 Å². The molecule has 1 fully saturated rings. The van der Waals surface area contributed by atoms with Crippen molar-refractivity contribution >= 4 is 11.8 Å². The third-order valence-electron chi connectivity index (χ3n) is 4.89. The summed E-state index contributed by atoms with van der Waals surface area (Å²) >= 11 is 0. The maximum atomic E-state index is 13.1. The molecule has 0 saturated carbocycles. The molecule has 0 aliphatic carbocycles. The van der Waals surface area contributed by atoms with Crippen LogP contribution < -0.4 is 0 Å². The molecule has 1 unspecified atom stereocenters. The van der Waals surface area contributed by atoms with Gasteiger partial charge in [0.1, 0.15) is 5.92 Å². The van der Waals surface area contributed by atoms with Gasteiger partial charge in [0.05, 0.1) is 31.3 Å². The Balaban J connectivity index is 1.97. The van der Waals surface area contributed by atoms with E-state index in [4.69, 9.17) is 9.47 Å². The number of Topliss-reactive ketones (excluding diaryl/α,β-unsaturated/α-hetero) is 1. The van der Waals surface area contributed by atoms with Gasteiger partial charge in [0, 0.05) is 5.56 Å². The topological polar surface area (TPSA) is 72.8 Å². The molecule has 2 aromatic rings. The van der Waals surface area contributed by atoms with E-state index in [0.717, 1.165) is 5.56 Å². The second-order valence-electron chi connectivity index (χ2n) is 6.62. The van der Waals surface area contributed by atoms with E-state index >= 15 is 0 Å². The van der Waals surface area contributed by atoms with Crippen LogP contribution in [0.5, 0.6) is 0 Å². The first-order valence-electron chi connectivity index (χ1n) is 9.22. The second kappa shape index (κ2) is 8.93. The lowest BCUT2D eigenvalue weighted by atomic mass is 9.81. The predicted molar refractivity (Wildman–Crippen MR) is 100 cm³/mol. The van der Waals surface area contributed by atoms with Gasteiger partial charge in [0.2, 0.25) is 0 Å². The molecule has 27 heavy (non-hydrogen) atoms. The monoisotopic (exact) mass is 368 g/mol. The molecule has 0 aromatic heterocycles. The molecule has 0 amide bonds. The fourth-order valence-electron chi connectivity index (χ4n) is 3.64. The van der Waals surface area contributed by atoms with Crippen molar-refractivity contribution in [3.63, 3.8) is 0 Å². The van der Waals surface area contributed by atoms with Crippen LogP contribution in [0.1, 0.15) is 35.2 Å². The fraction of sp³-hybridized carbons (Fsp3) is 0.364. The molecule has 1 saturated heterocycles. The molecule has 0 bridgehead atoms. The lowest BCUT2D eigenvalue weighted by Crippen LogP contribution is -2.35. The molecule has 3 rings (SSSR count). The van der Waals surface area contributed by atoms with E-state index in [1.807, 2.05) is 48.5 Å². The number of benzene rings is 2. The van der Waals surface area contributed by atoms with Crippen LogP contribution in [0.25, 0.3) is 0 Å². The Morgan fingerprint density at radius 1 is 1.11 bits per heavy atom. The number of aliphatic hydroxyl groups is 1. The zero-order valence-corrected chi connectivity index (χ0v) is 15.3. The maximum absolute atomic E-state index is 13.1. The summed E-state index contributed by atoms with van der Waals surface area (Å²) < 4.78 is 11.3. The first kappa shape index (κ1) is 19.3. The number of carbonyl (C=O) groups is 2. The van der Waals surface area contributed by atoms with Crippen molar-refractivity contribution in [1.29, 1.82) is 0 Å². The van der Waals surface area contributed by atoms with Crippen LogP contribution in [-0.4, -0.2) is 42.3 Å². The standard InChI is InChI=1S/C22H24O5/c1-2-26-22(25)19(15-9-5-3-6-10-15)21-18(13-17(14-23)27-21)20(24)16-11-7-4-8-12-16/h3-12,17-19,21,23H,2,13-14H2,1H3/t17-,18-,19?,21+/m1/s1. The predicted octanol–water partition coefficient (Wildman–Crippen LogP) is 2.98. The molecule has 1 N–H and O–H groups in total. The SMILES string of the molecule is CCOC(=O)C(c1ccccc1)[C@H]1O[C@@H](CO)C[C@@H]1C(=O)c1ccccc1. The number of ketones is 1. The Morgan fingerprint density at radius 2 is 1.74 bits per heavy atom. The van der Waals surface area contributed by atoms with Gasteiger partial charge in [0.25, 0.3) is 0 Å². The molecule has 5 nitrogen and oxygen atoms in total. The Hall–Kier alpha value is -2.50. The Bertz CT molecular complexity index is 759. The van der Waals surface area contributed by atoms with Crippen molar-refractivity contribution in [3.05, 3.63) is 71.8 Å².